The molecule has 0 saturated heterocycles. The molecule has 1 aromatic heterocycles. The molecule has 0 saturated carbocycles. The molecule has 5 nitrogen and oxygen atoms in total. The third-order valence-corrected chi connectivity index (χ3v) is 2.37. The Morgan fingerprint density at radius 3 is 2.69 bits per heavy atom. The van der Waals surface area contributed by atoms with Crippen molar-refractivity contribution in [2.24, 2.45) is 5.73 Å². The van der Waals surface area contributed by atoms with Gasteiger partial charge in [0.05, 0.1) is 0 Å². The molecular formula is C11H11N3O2. The van der Waals surface area contributed by atoms with Gasteiger partial charge in [-0.15, -0.1) is 0 Å². The fraction of sp³-hybridized carbons (Fsp3) is 0.0909. The van der Waals surface area contributed by atoms with Crippen LogP contribution in [0, 0.1) is 6.92 Å². The number of carbonyl (C=O) groups is 1. The minimum atomic E-state index is -0.642. The van der Waals surface area contributed by atoms with E-state index in [2.05, 4.69) is 5.16 Å². The monoisotopic (exact) mass is 217 g/mol. The molecule has 0 unspecified atom stereocenters. The number of aryl methyl sites for hydroxylation is 1. The van der Waals surface area contributed by atoms with Crippen molar-refractivity contribution in [1.82, 2.24) is 5.16 Å². The third-order valence-electron chi connectivity index (χ3n) is 2.37. The van der Waals surface area contributed by atoms with Crippen molar-refractivity contribution >= 4 is 11.8 Å². The molecule has 0 aliphatic rings. The Bertz CT molecular complexity index is 546. The van der Waals surface area contributed by atoms with Crippen molar-refractivity contribution in [2.75, 3.05) is 5.73 Å². The van der Waals surface area contributed by atoms with Crippen LogP contribution in [-0.4, -0.2) is 11.1 Å². The van der Waals surface area contributed by atoms with E-state index in [1.807, 2.05) is 31.2 Å². The summed E-state index contributed by atoms with van der Waals surface area (Å²) in [5.74, 6) is -0.692. The zero-order valence-electron chi connectivity index (χ0n) is 8.73. The fourth-order valence-electron chi connectivity index (χ4n) is 1.56. The van der Waals surface area contributed by atoms with E-state index < -0.39 is 5.91 Å². The predicted molar refractivity (Wildman–Crippen MR) is 59.6 cm³/mol. The molecule has 82 valence electrons. The van der Waals surface area contributed by atoms with Crippen LogP contribution in [0.4, 0.5) is 5.88 Å². The molecule has 0 aliphatic heterocycles. The van der Waals surface area contributed by atoms with Crippen molar-refractivity contribution in [2.45, 2.75) is 6.92 Å². The Kier molecular flexibility index (Phi) is 2.36. The number of nitrogens with zero attached hydrogens (tertiary/aromatic N) is 1. The Hall–Kier alpha value is -2.30. The Morgan fingerprint density at radius 2 is 2.06 bits per heavy atom. The van der Waals surface area contributed by atoms with Crippen LogP contribution in [-0.2, 0) is 0 Å². The number of primary amides is 1. The number of nitrogens with two attached hydrogens (primary N) is 2. The summed E-state index contributed by atoms with van der Waals surface area (Å²) in [6.45, 7) is 1.91. The highest BCUT2D eigenvalue weighted by Gasteiger charge is 2.20. The van der Waals surface area contributed by atoms with Gasteiger partial charge in [0.15, 0.2) is 0 Å². The normalized spacial score (nSPS) is 10.3. The predicted octanol–water partition coefficient (Wildman–Crippen LogP) is 1.33. The van der Waals surface area contributed by atoms with E-state index in [0.29, 0.717) is 5.69 Å². The number of hydrogen-bond donors (Lipinski definition) is 2. The molecule has 1 heterocycles. The first-order valence-electron chi connectivity index (χ1n) is 4.72. The molecule has 2 aromatic rings. The van der Waals surface area contributed by atoms with Gasteiger partial charge in [0.2, 0.25) is 5.88 Å². The van der Waals surface area contributed by atoms with Crippen LogP contribution in [0.25, 0.3) is 11.3 Å². The zero-order chi connectivity index (χ0) is 11.7. The van der Waals surface area contributed by atoms with Gasteiger partial charge in [-0.3, -0.25) is 4.79 Å². The van der Waals surface area contributed by atoms with E-state index in [0.717, 1.165) is 11.1 Å². The first-order valence-corrected chi connectivity index (χ1v) is 4.72. The van der Waals surface area contributed by atoms with Gasteiger partial charge in [-0.2, -0.15) is 0 Å². The van der Waals surface area contributed by atoms with Crippen LogP contribution in [0.5, 0.6) is 0 Å². The van der Waals surface area contributed by atoms with Crippen LogP contribution in [0.15, 0.2) is 28.8 Å². The molecule has 16 heavy (non-hydrogen) atoms. The number of amides is 1. The molecule has 0 fully saturated rings. The third kappa shape index (κ3) is 1.52. The van der Waals surface area contributed by atoms with Gasteiger partial charge in [0.25, 0.3) is 5.91 Å². The molecule has 0 bridgehead atoms. The summed E-state index contributed by atoms with van der Waals surface area (Å²) in [5, 5.41) is 3.77. The molecule has 0 spiro atoms. The standard InChI is InChI=1S/C11H11N3O2/c1-6-4-2-3-5-7(6)9-8(10(12)15)11(13)16-14-9/h2-5H,13H2,1H3,(H2,12,15). The number of aromatic nitrogens is 1. The van der Waals surface area contributed by atoms with E-state index in [1.165, 1.54) is 0 Å². The minimum absolute atomic E-state index is 0.0502. The molecule has 2 rings (SSSR count). The number of anilines is 1. The Labute approximate surface area is 92.0 Å². The first kappa shape index (κ1) is 10.2. The highest BCUT2D eigenvalue weighted by molar-refractivity contribution is 6.02. The molecule has 1 amide bonds. The lowest BCUT2D eigenvalue weighted by Gasteiger charge is -2.02. The molecular weight excluding hydrogens is 206 g/mol. The molecule has 0 aliphatic carbocycles. The second-order valence-corrected chi connectivity index (χ2v) is 3.45. The van der Waals surface area contributed by atoms with Crippen molar-refractivity contribution in [3.05, 3.63) is 35.4 Å². The number of carbonyl (C=O) groups excluding carboxylic acids is 1. The first-order chi connectivity index (χ1) is 7.61. The molecule has 0 atom stereocenters. The van der Waals surface area contributed by atoms with Crippen molar-refractivity contribution in [1.29, 1.82) is 0 Å². The lowest BCUT2D eigenvalue weighted by atomic mass is 10.0. The highest BCUT2D eigenvalue weighted by Crippen LogP contribution is 2.28. The molecule has 1 aromatic carbocycles. The maximum Gasteiger partial charge on any atom is 0.256 e. The minimum Gasteiger partial charge on any atom is -0.367 e. The van der Waals surface area contributed by atoms with E-state index in [1.54, 1.807) is 0 Å². The van der Waals surface area contributed by atoms with Gasteiger partial charge in [0.1, 0.15) is 11.3 Å². The van der Waals surface area contributed by atoms with Crippen molar-refractivity contribution in [3.8, 4) is 11.3 Å². The quantitative estimate of drug-likeness (QED) is 0.793. The highest BCUT2D eigenvalue weighted by atomic mass is 16.5. The lowest BCUT2D eigenvalue weighted by Crippen LogP contribution is -2.13. The Morgan fingerprint density at radius 1 is 1.38 bits per heavy atom. The van der Waals surface area contributed by atoms with Gasteiger partial charge in [-0.1, -0.05) is 29.4 Å². The summed E-state index contributed by atoms with van der Waals surface area (Å²) in [4.78, 5) is 11.2. The number of rotatable bonds is 2. The maximum atomic E-state index is 11.2. The lowest BCUT2D eigenvalue weighted by molar-refractivity contribution is 0.100. The van der Waals surface area contributed by atoms with Gasteiger partial charge in [0, 0.05) is 5.56 Å². The summed E-state index contributed by atoms with van der Waals surface area (Å²) in [5.41, 5.74) is 13.0. The average molecular weight is 217 g/mol. The summed E-state index contributed by atoms with van der Waals surface area (Å²) in [6, 6.07) is 7.48. The van der Waals surface area contributed by atoms with Crippen LogP contribution in [0.3, 0.4) is 0 Å². The maximum absolute atomic E-state index is 11.2. The summed E-state index contributed by atoms with van der Waals surface area (Å²) >= 11 is 0. The summed E-state index contributed by atoms with van der Waals surface area (Å²) in [6.07, 6.45) is 0. The van der Waals surface area contributed by atoms with Crippen molar-refractivity contribution < 1.29 is 9.32 Å². The largest absolute Gasteiger partial charge is 0.367 e. The van der Waals surface area contributed by atoms with Crippen LogP contribution in [0.1, 0.15) is 15.9 Å². The van der Waals surface area contributed by atoms with Gasteiger partial charge >= 0.3 is 0 Å². The van der Waals surface area contributed by atoms with Crippen LogP contribution in [0.2, 0.25) is 0 Å². The summed E-state index contributed by atoms with van der Waals surface area (Å²) in [7, 11) is 0. The Balaban J connectivity index is 2.66. The van der Waals surface area contributed by atoms with Crippen LogP contribution >= 0.6 is 0 Å². The van der Waals surface area contributed by atoms with E-state index in [9.17, 15) is 4.79 Å². The summed E-state index contributed by atoms with van der Waals surface area (Å²) < 4.78 is 4.79. The fourth-order valence-corrected chi connectivity index (χ4v) is 1.56. The van der Waals surface area contributed by atoms with E-state index in [4.69, 9.17) is 16.0 Å². The number of hydrogen-bond acceptors (Lipinski definition) is 4. The van der Waals surface area contributed by atoms with Gasteiger partial charge < -0.3 is 16.0 Å². The van der Waals surface area contributed by atoms with E-state index in [-0.39, 0.29) is 11.4 Å². The SMILES string of the molecule is Cc1ccccc1-c1noc(N)c1C(N)=O. The van der Waals surface area contributed by atoms with Gasteiger partial charge in [-0.25, -0.2) is 0 Å². The number of benzene rings is 1. The molecule has 0 radical (unpaired) electrons. The zero-order valence-corrected chi connectivity index (χ0v) is 8.73. The number of nitrogen functional groups attached to an aromatic ring is 1. The van der Waals surface area contributed by atoms with Crippen LogP contribution < -0.4 is 11.5 Å². The molecule has 4 N–H and O–H groups in total. The smallest absolute Gasteiger partial charge is 0.256 e. The molecule has 5 heteroatoms. The van der Waals surface area contributed by atoms with Gasteiger partial charge in [-0.05, 0) is 12.5 Å². The second kappa shape index (κ2) is 3.69. The second-order valence-electron chi connectivity index (χ2n) is 3.45. The van der Waals surface area contributed by atoms with E-state index >= 15 is 0 Å². The average Bonchev–Trinajstić information content (AvgIpc) is 2.61. The topological polar surface area (TPSA) is 95.1 Å². The van der Waals surface area contributed by atoms with Crippen molar-refractivity contribution in [3.63, 3.8) is 0 Å².